The number of nitrogens with zero attached hydrogens (tertiary/aromatic N) is 1. The molecule has 0 bridgehead atoms. The molecule has 0 aliphatic carbocycles. The van der Waals surface area contributed by atoms with Gasteiger partial charge in [-0.25, -0.2) is 4.79 Å². The average molecular weight is 364 g/mol. The van der Waals surface area contributed by atoms with Crippen molar-refractivity contribution in [1.82, 2.24) is 5.32 Å². The highest BCUT2D eigenvalue weighted by Gasteiger charge is 2.33. The van der Waals surface area contributed by atoms with Crippen LogP contribution in [0, 0.1) is 21.4 Å². The zero-order valence-corrected chi connectivity index (χ0v) is 15.3. The molecule has 0 aromatic rings. The fourth-order valence-electron chi connectivity index (χ4n) is 1.38. The fraction of sp³-hybridized carbons (Fsp3) is 0.786. The monoisotopic (exact) mass is 364 g/mol. The van der Waals surface area contributed by atoms with Crippen LogP contribution in [0.3, 0.4) is 0 Å². The Hall–Kier alpha value is -1.84. The van der Waals surface area contributed by atoms with Crippen molar-refractivity contribution in [3.05, 3.63) is 10.1 Å². The highest BCUT2D eigenvalue weighted by atomic mass is 32.2. The van der Waals surface area contributed by atoms with Gasteiger partial charge in [0.1, 0.15) is 12.6 Å². The summed E-state index contributed by atoms with van der Waals surface area (Å²) in [5.41, 5.74) is -1.23. The highest BCUT2D eigenvalue weighted by molar-refractivity contribution is 8.13. The lowest BCUT2D eigenvalue weighted by molar-refractivity contribution is -0.760. The van der Waals surface area contributed by atoms with Crippen molar-refractivity contribution < 1.29 is 29.0 Å². The number of hydrogen-bond donors (Lipinski definition) is 1. The van der Waals surface area contributed by atoms with E-state index in [0.29, 0.717) is 0 Å². The Morgan fingerprint density at radius 2 is 1.88 bits per heavy atom. The van der Waals surface area contributed by atoms with E-state index in [-0.39, 0.29) is 23.4 Å². The number of amides is 1. The first-order chi connectivity index (χ1) is 11.0. The maximum absolute atomic E-state index is 12.3. The van der Waals surface area contributed by atoms with E-state index in [4.69, 9.17) is 4.74 Å². The molecule has 0 radical (unpaired) electrons. The molecule has 0 aliphatic rings. The van der Waals surface area contributed by atoms with E-state index < -0.39 is 35.0 Å². The minimum absolute atomic E-state index is 0.0216. The maximum Gasteiger partial charge on any atom is 0.329 e. The van der Waals surface area contributed by atoms with Crippen LogP contribution in [0.2, 0.25) is 0 Å². The van der Waals surface area contributed by atoms with Gasteiger partial charge in [0.2, 0.25) is 5.91 Å². The first kappa shape index (κ1) is 22.2. The zero-order chi connectivity index (χ0) is 18.9. The highest BCUT2D eigenvalue weighted by Crippen LogP contribution is 2.18. The number of nitrogens with one attached hydrogen (secondary N) is 1. The Labute approximate surface area is 144 Å². The lowest BCUT2D eigenvalue weighted by Crippen LogP contribution is -2.50. The third-order valence-corrected chi connectivity index (χ3v) is 4.14. The second-order valence-corrected chi connectivity index (χ2v) is 6.97. The topological polar surface area (TPSA) is 125 Å². The molecule has 0 aromatic carbocycles. The number of ether oxygens (including phenoxy) is 1. The summed E-state index contributed by atoms with van der Waals surface area (Å²) in [5.74, 6) is -1.47. The van der Waals surface area contributed by atoms with E-state index in [1.807, 2.05) is 0 Å². The van der Waals surface area contributed by atoms with Crippen LogP contribution in [0.4, 0.5) is 0 Å². The van der Waals surface area contributed by atoms with Crippen LogP contribution < -0.4 is 5.32 Å². The third-order valence-electron chi connectivity index (χ3n) is 2.89. The van der Waals surface area contributed by atoms with Gasteiger partial charge in [0.05, 0.1) is 12.0 Å². The van der Waals surface area contributed by atoms with E-state index in [0.717, 1.165) is 11.8 Å². The van der Waals surface area contributed by atoms with Crippen molar-refractivity contribution >= 4 is 28.8 Å². The number of carbonyl (C=O) groups excluding carboxylic acids is 3. The lowest BCUT2D eigenvalue weighted by Gasteiger charge is -2.25. The zero-order valence-electron chi connectivity index (χ0n) is 14.5. The van der Waals surface area contributed by atoms with Crippen LogP contribution in [0.5, 0.6) is 0 Å². The molecule has 0 spiro atoms. The van der Waals surface area contributed by atoms with E-state index in [1.165, 1.54) is 13.8 Å². The molecular weight excluding hydrogens is 340 g/mol. The van der Waals surface area contributed by atoms with Gasteiger partial charge in [-0.1, -0.05) is 25.6 Å². The molecule has 24 heavy (non-hydrogen) atoms. The van der Waals surface area contributed by atoms with Crippen LogP contribution in [0.1, 0.15) is 34.6 Å². The summed E-state index contributed by atoms with van der Waals surface area (Å²) in [7, 11) is 0. The quantitative estimate of drug-likeness (QED) is 0.348. The van der Waals surface area contributed by atoms with Crippen LogP contribution in [-0.2, 0) is 24.0 Å². The van der Waals surface area contributed by atoms with E-state index in [2.05, 4.69) is 10.2 Å². The van der Waals surface area contributed by atoms with Gasteiger partial charge in [-0.3, -0.25) is 9.59 Å². The van der Waals surface area contributed by atoms with Crippen molar-refractivity contribution in [2.45, 2.75) is 40.7 Å². The van der Waals surface area contributed by atoms with Crippen molar-refractivity contribution in [1.29, 1.82) is 0 Å². The smallest absolute Gasteiger partial charge is 0.329 e. The Morgan fingerprint density at radius 1 is 1.29 bits per heavy atom. The van der Waals surface area contributed by atoms with Crippen molar-refractivity contribution in [2.75, 3.05) is 19.0 Å². The largest absolute Gasteiger partial charge is 0.464 e. The predicted molar refractivity (Wildman–Crippen MR) is 87.6 cm³/mol. The number of esters is 1. The summed E-state index contributed by atoms with van der Waals surface area (Å²) in [5, 5.41) is 11.6. The molecule has 0 aliphatic heterocycles. The summed E-state index contributed by atoms with van der Waals surface area (Å²) in [6, 6.07) is -1.03. The number of rotatable bonds is 10. The Kier molecular flexibility index (Phi) is 9.34. The number of carbonyl (C=O) groups is 3. The van der Waals surface area contributed by atoms with Gasteiger partial charge in [-0.15, -0.1) is 10.1 Å². The minimum atomic E-state index is -1.23. The summed E-state index contributed by atoms with van der Waals surface area (Å²) in [6.45, 7) is 7.64. The molecule has 1 atom stereocenters. The maximum atomic E-state index is 12.3. The summed E-state index contributed by atoms with van der Waals surface area (Å²) in [4.78, 5) is 50.4. The van der Waals surface area contributed by atoms with Gasteiger partial charge in [0, 0.05) is 11.7 Å². The van der Waals surface area contributed by atoms with Crippen molar-refractivity contribution in [3.63, 3.8) is 0 Å². The molecule has 10 heteroatoms. The lowest BCUT2D eigenvalue weighted by atomic mass is 9.93. The molecule has 0 saturated heterocycles. The number of hydrogen-bond acceptors (Lipinski definition) is 8. The van der Waals surface area contributed by atoms with Crippen LogP contribution in [0.25, 0.3) is 0 Å². The SMILES string of the molecule is CCOC(=O)C(CSC(=O)C(C)C)NC(=O)C(C)(C)CO[N+](=O)[O-]. The molecular formula is C14H24N2O7S. The fourth-order valence-corrected chi connectivity index (χ4v) is 2.26. The van der Waals surface area contributed by atoms with Crippen molar-refractivity contribution in [3.8, 4) is 0 Å². The normalized spacial score (nSPS) is 12.4. The molecule has 1 unspecified atom stereocenters. The molecule has 138 valence electrons. The third kappa shape index (κ3) is 8.14. The molecule has 0 aromatic heterocycles. The molecule has 0 saturated carbocycles. The molecule has 0 rings (SSSR count). The van der Waals surface area contributed by atoms with Gasteiger partial charge < -0.3 is 14.9 Å². The predicted octanol–water partition coefficient (Wildman–Crippen LogP) is 1.18. The molecule has 1 amide bonds. The minimum Gasteiger partial charge on any atom is -0.464 e. The standard InChI is InChI=1S/C14H24N2O7S/c1-6-22-11(17)10(7-24-12(18)9(2)3)15-13(19)14(4,5)8-23-16(20)21/h9-10H,6-8H2,1-5H3,(H,15,19). The van der Waals surface area contributed by atoms with Gasteiger partial charge in [0.15, 0.2) is 5.12 Å². The molecule has 0 fully saturated rings. The molecule has 1 N–H and O–H groups in total. The Morgan fingerprint density at radius 3 is 2.33 bits per heavy atom. The molecule has 0 heterocycles. The average Bonchev–Trinajstić information content (AvgIpc) is 2.48. The summed E-state index contributed by atoms with van der Waals surface area (Å²) >= 11 is 0.924. The Bertz CT molecular complexity index is 480. The second-order valence-electron chi connectivity index (χ2n) is 5.94. The van der Waals surface area contributed by atoms with E-state index in [9.17, 15) is 24.5 Å². The van der Waals surface area contributed by atoms with Crippen molar-refractivity contribution in [2.24, 2.45) is 11.3 Å². The van der Waals surface area contributed by atoms with Crippen LogP contribution in [0.15, 0.2) is 0 Å². The second kappa shape index (κ2) is 10.1. The first-order valence-corrected chi connectivity index (χ1v) is 8.41. The van der Waals surface area contributed by atoms with Gasteiger partial charge in [0.25, 0.3) is 5.09 Å². The van der Waals surface area contributed by atoms with Crippen LogP contribution >= 0.6 is 11.8 Å². The van der Waals surface area contributed by atoms with Gasteiger partial charge in [-0.05, 0) is 20.8 Å². The first-order valence-electron chi connectivity index (χ1n) is 7.42. The van der Waals surface area contributed by atoms with Gasteiger partial charge >= 0.3 is 5.97 Å². The van der Waals surface area contributed by atoms with Crippen LogP contribution in [-0.4, -0.2) is 47.1 Å². The summed E-state index contributed by atoms with van der Waals surface area (Å²) in [6.07, 6.45) is 0. The van der Waals surface area contributed by atoms with Gasteiger partial charge in [-0.2, -0.15) is 0 Å². The molecule has 9 nitrogen and oxygen atoms in total. The Balaban J connectivity index is 4.90. The number of thioether (sulfide) groups is 1. The van der Waals surface area contributed by atoms with E-state index >= 15 is 0 Å². The summed E-state index contributed by atoms with van der Waals surface area (Å²) < 4.78 is 4.89. The van der Waals surface area contributed by atoms with E-state index in [1.54, 1.807) is 20.8 Å².